The van der Waals surface area contributed by atoms with E-state index in [-0.39, 0.29) is 0 Å². The van der Waals surface area contributed by atoms with Crippen LogP contribution in [0.25, 0.3) is 0 Å². The van der Waals surface area contributed by atoms with Crippen LogP contribution < -0.4 is 0 Å². The van der Waals surface area contributed by atoms with Gasteiger partial charge in [0.15, 0.2) is 0 Å². The first kappa shape index (κ1) is 17.8. The van der Waals surface area contributed by atoms with Gasteiger partial charge < -0.3 is 0 Å². The fourth-order valence-electron chi connectivity index (χ4n) is 3.47. The van der Waals surface area contributed by atoms with Crippen molar-refractivity contribution < 1.29 is 20.8 Å². The summed E-state index contributed by atoms with van der Waals surface area (Å²) in [6.45, 7) is 4.86. The summed E-state index contributed by atoms with van der Waals surface area (Å²) in [7, 11) is 9.87. The molecule has 5 aliphatic carbocycles. The van der Waals surface area contributed by atoms with E-state index < -0.39 is 20.8 Å². The second-order valence-corrected chi connectivity index (χ2v) is 9.78. The second-order valence-electron chi connectivity index (χ2n) is 6.05. The van der Waals surface area contributed by atoms with Crippen molar-refractivity contribution in [1.29, 1.82) is 0 Å². The molecule has 0 aromatic rings. The van der Waals surface area contributed by atoms with Crippen LogP contribution in [-0.4, -0.2) is 0 Å². The van der Waals surface area contributed by atoms with Gasteiger partial charge in [-0.05, 0) is 93.3 Å². The Hall–Kier alpha value is 1.46. The van der Waals surface area contributed by atoms with E-state index in [1.807, 2.05) is 32.1 Å². The third kappa shape index (κ3) is 4.05. The Morgan fingerprint density at radius 1 is 1.00 bits per heavy atom. The fraction of sp³-hybridized carbons (Fsp3) is 0.412. The molecule has 0 aromatic carbocycles. The summed E-state index contributed by atoms with van der Waals surface area (Å²) in [5, 5.41) is 0. The number of hydrogen-bond donors (Lipinski definition) is 0. The summed E-state index contributed by atoms with van der Waals surface area (Å²) in [5.41, 5.74) is 0.599. The van der Waals surface area contributed by atoms with Crippen molar-refractivity contribution >= 4 is 17.0 Å². The zero-order valence-corrected chi connectivity index (χ0v) is 15.9. The topological polar surface area (TPSA) is 0 Å². The Bertz CT molecular complexity index is 281. The fourth-order valence-corrected chi connectivity index (χ4v) is 3.47. The van der Waals surface area contributed by atoms with Crippen molar-refractivity contribution in [3.63, 3.8) is 0 Å². The van der Waals surface area contributed by atoms with E-state index >= 15 is 0 Å². The summed E-state index contributed by atoms with van der Waals surface area (Å²) in [6, 6.07) is 0. The number of hydrogen-bond acceptors (Lipinski definition) is 0. The summed E-state index contributed by atoms with van der Waals surface area (Å²) in [6.07, 6.45) is 19.7. The molecule has 5 fully saturated rings. The van der Waals surface area contributed by atoms with E-state index in [0.29, 0.717) is 5.41 Å². The molecule has 0 amide bonds. The molecule has 20 heavy (non-hydrogen) atoms. The van der Waals surface area contributed by atoms with Gasteiger partial charge in [0.25, 0.3) is 0 Å². The molecule has 0 aliphatic heterocycles. The molecule has 0 nitrogen and oxygen atoms in total. The Kier molecular flexibility index (Phi) is 7.44. The summed E-state index contributed by atoms with van der Waals surface area (Å²) >= 11 is -0.826. The molecule has 5 saturated carbocycles. The van der Waals surface area contributed by atoms with Crippen molar-refractivity contribution in [2.24, 2.45) is 17.3 Å². The standard InChI is InChI=1S/C12H15.C5H5.2ClH.Zr/c1-12(2)9-6-8-4-3-5-10(8)11(12)7-9;1-2-4-5-3-1;;;/h3-5,9,11H,6-7H2,1-2H3;1-5H;2*1H;/q;;;;+2/p-2. The van der Waals surface area contributed by atoms with Gasteiger partial charge in [-0.2, -0.15) is 0 Å². The maximum atomic E-state index is 4.93. The zero-order valence-electron chi connectivity index (χ0n) is 11.9. The van der Waals surface area contributed by atoms with E-state index in [0.717, 1.165) is 11.8 Å². The molecular weight excluding hydrogens is 366 g/mol. The van der Waals surface area contributed by atoms with Crippen LogP contribution in [0.3, 0.4) is 0 Å². The van der Waals surface area contributed by atoms with E-state index in [9.17, 15) is 0 Å². The van der Waals surface area contributed by atoms with Crippen LogP contribution in [-0.2, 0) is 20.8 Å². The van der Waals surface area contributed by atoms with Crippen LogP contribution >= 0.6 is 17.0 Å². The Morgan fingerprint density at radius 2 is 1.55 bits per heavy atom. The third-order valence-corrected chi connectivity index (χ3v) is 4.81. The normalized spacial score (nSPS) is 34.0. The van der Waals surface area contributed by atoms with Crippen molar-refractivity contribution in [3.8, 4) is 0 Å². The molecular formula is C17H20Cl2Zr. The van der Waals surface area contributed by atoms with E-state index in [1.165, 1.54) is 12.8 Å². The summed E-state index contributed by atoms with van der Waals surface area (Å²) in [4.78, 5) is 0. The van der Waals surface area contributed by atoms with Crippen LogP contribution in [0.1, 0.15) is 26.7 Å². The second kappa shape index (κ2) is 8.35. The van der Waals surface area contributed by atoms with Crippen LogP contribution in [0.15, 0.2) is 0 Å². The van der Waals surface area contributed by atoms with Gasteiger partial charge in [-0.15, -0.1) is 0 Å². The van der Waals surface area contributed by atoms with E-state index in [2.05, 4.69) is 33.1 Å². The average Bonchev–Trinajstić information content (AvgIpc) is 3.13. The maximum absolute atomic E-state index is 4.93. The molecule has 5 aliphatic rings. The Balaban J connectivity index is 0.000000154. The van der Waals surface area contributed by atoms with Gasteiger partial charge in [0.1, 0.15) is 0 Å². The van der Waals surface area contributed by atoms with Gasteiger partial charge in [0.05, 0.1) is 0 Å². The minimum absolute atomic E-state index is 0.599. The minimum atomic E-state index is -0.826. The van der Waals surface area contributed by atoms with Gasteiger partial charge in [0, 0.05) is 0 Å². The molecule has 10 radical (unpaired) electrons. The first-order valence-corrected chi connectivity index (χ1v) is 13.3. The van der Waals surface area contributed by atoms with Gasteiger partial charge in [-0.25, -0.2) is 0 Å². The van der Waals surface area contributed by atoms with E-state index in [4.69, 9.17) is 17.0 Å². The summed E-state index contributed by atoms with van der Waals surface area (Å²) in [5.74, 6) is 5.14. The van der Waals surface area contributed by atoms with Crippen LogP contribution in [0.5, 0.6) is 0 Å². The quantitative estimate of drug-likeness (QED) is 0.535. The molecule has 3 heteroatoms. The molecule has 2 atom stereocenters. The monoisotopic (exact) mass is 384 g/mol. The average molecular weight is 386 g/mol. The predicted molar refractivity (Wildman–Crippen MR) is 82.6 cm³/mol. The van der Waals surface area contributed by atoms with Gasteiger partial charge >= 0.3 is 37.9 Å². The van der Waals surface area contributed by atoms with Crippen LogP contribution in [0.2, 0.25) is 0 Å². The van der Waals surface area contributed by atoms with Crippen LogP contribution in [0, 0.1) is 80.5 Å². The van der Waals surface area contributed by atoms with Crippen LogP contribution in [0.4, 0.5) is 0 Å². The number of rotatable bonds is 0. The summed E-state index contributed by atoms with van der Waals surface area (Å²) < 4.78 is 0. The molecule has 106 valence electrons. The SMILES string of the molecule is CC1(C)C2C[C]3[CH][CH][CH][C]3C1C2.[CH]1[CH][CH][CH][CH]1.[Cl][Zr][Cl]. The van der Waals surface area contributed by atoms with Crippen molar-refractivity contribution in [2.75, 3.05) is 0 Å². The third-order valence-electron chi connectivity index (χ3n) is 4.81. The molecule has 0 saturated heterocycles. The predicted octanol–water partition coefficient (Wildman–Crippen LogP) is 5.23. The Morgan fingerprint density at radius 3 is 2.05 bits per heavy atom. The number of halogens is 2. The molecule has 0 heterocycles. The van der Waals surface area contributed by atoms with Crippen molar-refractivity contribution in [1.82, 2.24) is 0 Å². The first-order valence-electron chi connectivity index (χ1n) is 6.98. The first-order chi connectivity index (χ1) is 9.61. The van der Waals surface area contributed by atoms with Gasteiger partial charge in [-0.1, -0.05) is 13.8 Å². The molecule has 0 aromatic heterocycles. The van der Waals surface area contributed by atoms with Gasteiger partial charge in [0.2, 0.25) is 0 Å². The Labute approximate surface area is 144 Å². The molecule has 0 spiro atoms. The van der Waals surface area contributed by atoms with Crippen molar-refractivity contribution in [3.05, 3.63) is 63.2 Å². The molecule has 2 unspecified atom stereocenters. The van der Waals surface area contributed by atoms with E-state index in [1.54, 1.807) is 11.8 Å². The molecule has 2 bridgehead atoms. The van der Waals surface area contributed by atoms with Gasteiger partial charge in [-0.3, -0.25) is 0 Å². The molecule has 0 N–H and O–H groups in total. The zero-order chi connectivity index (χ0) is 14.6. The van der Waals surface area contributed by atoms with Crippen molar-refractivity contribution in [2.45, 2.75) is 26.7 Å². The molecule has 5 rings (SSSR count).